The van der Waals surface area contributed by atoms with Gasteiger partial charge in [0.25, 0.3) is 11.8 Å². The number of nitrogens with one attached hydrogen (secondary N) is 2. The van der Waals surface area contributed by atoms with Crippen molar-refractivity contribution in [3.05, 3.63) is 47.2 Å². The highest BCUT2D eigenvalue weighted by Gasteiger charge is 2.42. The summed E-state index contributed by atoms with van der Waals surface area (Å²) < 4.78 is 5.47. The topological polar surface area (TPSA) is 127 Å². The van der Waals surface area contributed by atoms with Gasteiger partial charge in [0.2, 0.25) is 0 Å². The van der Waals surface area contributed by atoms with Crippen molar-refractivity contribution in [2.75, 3.05) is 17.3 Å². The van der Waals surface area contributed by atoms with Crippen LogP contribution in [0.25, 0.3) is 0 Å². The summed E-state index contributed by atoms with van der Waals surface area (Å²) in [5.41, 5.74) is 7.50. The Morgan fingerprint density at radius 3 is 2.37 bits per heavy atom. The second kappa shape index (κ2) is 10.6. The van der Waals surface area contributed by atoms with Crippen LogP contribution in [-0.4, -0.2) is 53.9 Å². The molecule has 1 aromatic carbocycles. The first kappa shape index (κ1) is 26.0. The van der Waals surface area contributed by atoms with E-state index < -0.39 is 5.91 Å². The molecule has 3 fully saturated rings. The van der Waals surface area contributed by atoms with E-state index in [9.17, 15) is 14.4 Å². The van der Waals surface area contributed by atoms with Gasteiger partial charge in [-0.15, -0.1) is 0 Å². The van der Waals surface area contributed by atoms with Crippen molar-refractivity contribution in [2.24, 2.45) is 11.7 Å². The van der Waals surface area contributed by atoms with E-state index in [0.717, 1.165) is 50.8 Å². The van der Waals surface area contributed by atoms with Gasteiger partial charge in [-0.3, -0.25) is 14.4 Å². The summed E-state index contributed by atoms with van der Waals surface area (Å²) in [6.07, 6.45) is 8.25. The van der Waals surface area contributed by atoms with E-state index in [1.807, 2.05) is 26.0 Å². The van der Waals surface area contributed by atoms with Gasteiger partial charge >= 0.3 is 0 Å². The van der Waals surface area contributed by atoms with Crippen molar-refractivity contribution in [3.8, 4) is 5.75 Å². The third-order valence-corrected chi connectivity index (χ3v) is 8.18. The molecule has 2 saturated heterocycles. The minimum absolute atomic E-state index is 0.0125. The number of anilines is 2. The molecule has 5 rings (SSSR count). The number of Topliss-reactive ketones (excluding diaryl/α,β-unsaturated/α-hetero) is 1. The summed E-state index contributed by atoms with van der Waals surface area (Å²) in [4.78, 5) is 44.9. The van der Waals surface area contributed by atoms with Crippen molar-refractivity contribution in [2.45, 2.75) is 83.0 Å². The van der Waals surface area contributed by atoms with Crippen LogP contribution in [0.1, 0.15) is 89.9 Å². The molecule has 4 atom stereocenters. The van der Waals surface area contributed by atoms with Crippen LogP contribution in [0.2, 0.25) is 0 Å². The molecule has 2 aliphatic heterocycles. The third kappa shape index (κ3) is 5.19. The standard InChI is InChI=1S/C29H37N5O4/c1-4-16(2)32-24-13-23(25(38-3)14-22(24)28(30)36)29(37)33-19-11-20-8-9-21(12-19)34(20)26-10-7-18(15-31-26)27(35)17-5-6-17/h7,10,13-17,19-21,32H,4-6,8-9,11-12H2,1-3H3,(H2,30,36)(H,33,37)/t16-,19-,20+,21-/m1/s1. The molecule has 9 heteroatoms. The van der Waals surface area contributed by atoms with E-state index in [0.29, 0.717) is 28.1 Å². The van der Waals surface area contributed by atoms with Crippen LogP contribution in [0.5, 0.6) is 5.75 Å². The first-order chi connectivity index (χ1) is 18.3. The molecule has 2 aromatic rings. The molecular weight excluding hydrogens is 482 g/mol. The Kier molecular flexibility index (Phi) is 7.27. The number of carbonyl (C=O) groups is 3. The maximum atomic E-state index is 13.4. The Bertz CT molecular complexity index is 1210. The van der Waals surface area contributed by atoms with Gasteiger partial charge in [0.15, 0.2) is 5.78 Å². The van der Waals surface area contributed by atoms with Gasteiger partial charge in [-0.1, -0.05) is 6.92 Å². The second-order valence-electron chi connectivity index (χ2n) is 10.9. The molecule has 0 spiro atoms. The van der Waals surface area contributed by atoms with Gasteiger partial charge < -0.3 is 26.0 Å². The number of nitrogens with two attached hydrogens (primary N) is 1. The van der Waals surface area contributed by atoms with Gasteiger partial charge in [-0.25, -0.2) is 4.98 Å². The number of ketones is 1. The maximum absolute atomic E-state index is 13.4. The number of carbonyl (C=O) groups excluding carboxylic acids is 3. The molecule has 202 valence electrons. The van der Waals surface area contributed by atoms with E-state index in [-0.39, 0.29) is 41.8 Å². The largest absolute Gasteiger partial charge is 0.496 e. The molecule has 3 heterocycles. The number of rotatable bonds is 10. The van der Waals surface area contributed by atoms with Gasteiger partial charge in [-0.05, 0) is 76.1 Å². The van der Waals surface area contributed by atoms with Crippen molar-refractivity contribution < 1.29 is 19.1 Å². The maximum Gasteiger partial charge on any atom is 0.255 e. The van der Waals surface area contributed by atoms with Crippen LogP contribution >= 0.6 is 0 Å². The van der Waals surface area contributed by atoms with Gasteiger partial charge in [-0.2, -0.15) is 0 Å². The summed E-state index contributed by atoms with van der Waals surface area (Å²) in [7, 11) is 1.48. The Morgan fingerprint density at radius 1 is 1.11 bits per heavy atom. The summed E-state index contributed by atoms with van der Waals surface area (Å²) in [5, 5.41) is 6.50. The number of benzene rings is 1. The van der Waals surface area contributed by atoms with E-state index in [1.54, 1.807) is 12.3 Å². The number of amides is 2. The fourth-order valence-electron chi connectivity index (χ4n) is 5.81. The average molecular weight is 520 g/mol. The minimum Gasteiger partial charge on any atom is -0.496 e. The smallest absolute Gasteiger partial charge is 0.255 e. The SMILES string of the molecule is CC[C@@H](C)Nc1cc(C(=O)N[C@H]2C[C@H]3CC[C@@H](C2)N3c2ccc(C(=O)C3CC3)cn2)c(OC)cc1C(N)=O. The Labute approximate surface area is 223 Å². The lowest BCUT2D eigenvalue weighted by atomic mass is 9.96. The van der Waals surface area contributed by atoms with Crippen molar-refractivity contribution >= 4 is 29.1 Å². The van der Waals surface area contributed by atoms with Crippen molar-refractivity contribution in [3.63, 3.8) is 0 Å². The Morgan fingerprint density at radius 2 is 1.82 bits per heavy atom. The number of aromatic nitrogens is 1. The number of primary amides is 1. The lowest BCUT2D eigenvalue weighted by Gasteiger charge is -2.40. The van der Waals surface area contributed by atoms with Crippen molar-refractivity contribution in [1.82, 2.24) is 10.3 Å². The third-order valence-electron chi connectivity index (χ3n) is 8.18. The highest BCUT2D eigenvalue weighted by molar-refractivity contribution is 6.04. The molecular formula is C29H37N5O4. The molecule has 9 nitrogen and oxygen atoms in total. The van der Waals surface area contributed by atoms with E-state index >= 15 is 0 Å². The number of fused-ring (bicyclic) bond motifs is 2. The van der Waals surface area contributed by atoms with Crippen LogP contribution in [0.15, 0.2) is 30.5 Å². The minimum atomic E-state index is -0.580. The van der Waals surface area contributed by atoms with E-state index in [2.05, 4.69) is 20.5 Å². The van der Waals surface area contributed by atoms with Crippen LogP contribution in [0.3, 0.4) is 0 Å². The zero-order valence-electron chi connectivity index (χ0n) is 22.3. The summed E-state index contributed by atoms with van der Waals surface area (Å²) in [6, 6.07) is 7.75. The van der Waals surface area contributed by atoms with Crippen LogP contribution < -0.4 is 26.0 Å². The zero-order chi connectivity index (χ0) is 27.0. The lowest BCUT2D eigenvalue weighted by Crippen LogP contribution is -2.50. The van der Waals surface area contributed by atoms with Crippen LogP contribution in [-0.2, 0) is 0 Å². The molecule has 2 bridgehead atoms. The number of ether oxygens (including phenoxy) is 1. The van der Waals surface area contributed by atoms with E-state index in [1.165, 1.54) is 13.2 Å². The number of hydrogen-bond acceptors (Lipinski definition) is 7. The number of piperidine rings is 1. The first-order valence-electron chi connectivity index (χ1n) is 13.7. The number of nitrogens with zero attached hydrogens (tertiary/aromatic N) is 2. The monoisotopic (exact) mass is 519 g/mol. The molecule has 0 unspecified atom stereocenters. The molecule has 1 aliphatic carbocycles. The second-order valence-corrected chi connectivity index (χ2v) is 10.9. The van der Waals surface area contributed by atoms with Crippen LogP contribution in [0, 0.1) is 5.92 Å². The van der Waals surface area contributed by atoms with Gasteiger partial charge in [0, 0.05) is 47.5 Å². The number of hydrogen-bond donors (Lipinski definition) is 3. The average Bonchev–Trinajstić information content (AvgIpc) is 3.72. The number of pyridine rings is 1. The summed E-state index contributed by atoms with van der Waals surface area (Å²) in [5.74, 6) is 0.795. The Hall–Kier alpha value is -3.62. The number of methoxy groups -OCH3 is 1. The zero-order valence-corrected chi connectivity index (χ0v) is 22.3. The fourth-order valence-corrected chi connectivity index (χ4v) is 5.81. The Balaban J connectivity index is 1.29. The lowest BCUT2D eigenvalue weighted by molar-refractivity contribution is 0.0921. The fraction of sp³-hybridized carbons (Fsp3) is 0.517. The first-order valence-corrected chi connectivity index (χ1v) is 13.7. The predicted molar refractivity (Wildman–Crippen MR) is 146 cm³/mol. The van der Waals surface area contributed by atoms with Crippen molar-refractivity contribution in [1.29, 1.82) is 0 Å². The normalized spacial score (nSPS) is 23.0. The predicted octanol–water partition coefficient (Wildman–Crippen LogP) is 3.92. The summed E-state index contributed by atoms with van der Waals surface area (Å²) in [6.45, 7) is 4.04. The molecule has 0 radical (unpaired) electrons. The van der Waals surface area contributed by atoms with Gasteiger partial charge in [0.05, 0.1) is 18.2 Å². The molecule has 4 N–H and O–H groups in total. The summed E-state index contributed by atoms with van der Waals surface area (Å²) >= 11 is 0. The molecule has 1 saturated carbocycles. The molecule has 2 amide bonds. The van der Waals surface area contributed by atoms with Gasteiger partial charge in [0.1, 0.15) is 11.6 Å². The highest BCUT2D eigenvalue weighted by Crippen LogP contribution is 2.39. The molecule has 1 aromatic heterocycles. The molecule has 38 heavy (non-hydrogen) atoms. The van der Waals surface area contributed by atoms with E-state index in [4.69, 9.17) is 10.5 Å². The quantitative estimate of drug-likeness (QED) is 0.406. The highest BCUT2D eigenvalue weighted by atomic mass is 16.5. The molecule has 3 aliphatic rings. The van der Waals surface area contributed by atoms with Crippen LogP contribution in [0.4, 0.5) is 11.5 Å².